The summed E-state index contributed by atoms with van der Waals surface area (Å²) in [4.78, 5) is 14.8. The fourth-order valence-corrected chi connectivity index (χ4v) is 2.95. The minimum atomic E-state index is 0.0538. The van der Waals surface area contributed by atoms with Crippen LogP contribution in [-0.4, -0.2) is 19.1 Å². The summed E-state index contributed by atoms with van der Waals surface area (Å²) in [7, 11) is 0. The number of hydrogen-bond donors (Lipinski definition) is 0. The van der Waals surface area contributed by atoms with Crippen LogP contribution < -0.4 is 9.64 Å². The number of carbonyl (C=O) groups is 1. The normalized spacial score (nSPS) is 13.5. The Bertz CT molecular complexity index is 681. The van der Waals surface area contributed by atoms with Crippen LogP contribution in [0, 0.1) is 0 Å². The molecule has 0 atom stereocenters. The Hall–Kier alpha value is -2.29. The van der Waals surface area contributed by atoms with Gasteiger partial charge >= 0.3 is 0 Å². The number of ether oxygens (including phenoxy) is 1. The first-order chi connectivity index (χ1) is 11.3. The SMILES string of the molecule is CCCCOc1cccc(C(=O)N2CCCc3ccccc32)c1. The second-order valence-corrected chi connectivity index (χ2v) is 5.92. The second-order valence-electron chi connectivity index (χ2n) is 5.92. The van der Waals surface area contributed by atoms with Crippen LogP contribution in [0.2, 0.25) is 0 Å². The molecule has 0 fully saturated rings. The molecule has 0 saturated heterocycles. The van der Waals surface area contributed by atoms with Crippen molar-refractivity contribution >= 4 is 11.6 Å². The topological polar surface area (TPSA) is 29.5 Å². The Kier molecular flexibility index (Phi) is 4.96. The van der Waals surface area contributed by atoms with Crippen LogP contribution in [0.3, 0.4) is 0 Å². The maximum Gasteiger partial charge on any atom is 0.258 e. The van der Waals surface area contributed by atoms with E-state index in [9.17, 15) is 4.79 Å². The van der Waals surface area contributed by atoms with Crippen LogP contribution in [0.25, 0.3) is 0 Å². The number of carbonyl (C=O) groups excluding carboxylic acids is 1. The molecule has 0 spiro atoms. The van der Waals surface area contributed by atoms with Crippen LogP contribution in [-0.2, 0) is 6.42 Å². The first-order valence-corrected chi connectivity index (χ1v) is 8.42. The number of unbranched alkanes of at least 4 members (excludes halogenated alkanes) is 1. The molecule has 1 aliphatic heterocycles. The first kappa shape index (κ1) is 15.6. The summed E-state index contributed by atoms with van der Waals surface area (Å²) in [6.07, 6.45) is 4.18. The van der Waals surface area contributed by atoms with E-state index in [1.807, 2.05) is 47.4 Å². The van der Waals surface area contributed by atoms with Crippen LogP contribution in [0.15, 0.2) is 48.5 Å². The van der Waals surface area contributed by atoms with Gasteiger partial charge in [-0.3, -0.25) is 4.79 Å². The van der Waals surface area contributed by atoms with Crippen molar-refractivity contribution in [1.82, 2.24) is 0 Å². The fraction of sp³-hybridized carbons (Fsp3) is 0.350. The molecule has 0 aliphatic carbocycles. The largest absolute Gasteiger partial charge is 0.494 e. The van der Waals surface area contributed by atoms with Crippen molar-refractivity contribution < 1.29 is 9.53 Å². The predicted octanol–water partition coefficient (Wildman–Crippen LogP) is 4.46. The molecule has 0 bridgehead atoms. The molecule has 120 valence electrons. The number of amides is 1. The molecule has 2 aromatic carbocycles. The summed E-state index contributed by atoms with van der Waals surface area (Å²) in [5, 5.41) is 0. The number of aryl methyl sites for hydroxylation is 1. The van der Waals surface area contributed by atoms with Gasteiger partial charge in [0, 0.05) is 17.8 Å². The van der Waals surface area contributed by atoms with E-state index in [1.165, 1.54) is 5.56 Å². The zero-order chi connectivity index (χ0) is 16.1. The quantitative estimate of drug-likeness (QED) is 0.763. The Morgan fingerprint density at radius 1 is 1.17 bits per heavy atom. The van der Waals surface area contributed by atoms with Gasteiger partial charge in [-0.05, 0) is 49.1 Å². The third-order valence-corrected chi connectivity index (χ3v) is 4.20. The van der Waals surface area contributed by atoms with E-state index in [2.05, 4.69) is 13.0 Å². The van der Waals surface area contributed by atoms with Gasteiger partial charge in [0.1, 0.15) is 5.75 Å². The molecule has 1 aliphatic rings. The van der Waals surface area contributed by atoms with Crippen LogP contribution in [0.4, 0.5) is 5.69 Å². The molecule has 2 aromatic rings. The molecule has 1 amide bonds. The number of benzene rings is 2. The van der Waals surface area contributed by atoms with Gasteiger partial charge in [-0.25, -0.2) is 0 Å². The maximum atomic E-state index is 12.9. The summed E-state index contributed by atoms with van der Waals surface area (Å²) in [5.41, 5.74) is 2.99. The van der Waals surface area contributed by atoms with Gasteiger partial charge in [0.2, 0.25) is 0 Å². The molecule has 0 N–H and O–H groups in total. The maximum absolute atomic E-state index is 12.9. The molecule has 3 rings (SSSR count). The lowest BCUT2D eigenvalue weighted by molar-refractivity contribution is 0.0984. The molecule has 1 heterocycles. The monoisotopic (exact) mass is 309 g/mol. The van der Waals surface area contributed by atoms with Crippen LogP contribution >= 0.6 is 0 Å². The van der Waals surface area contributed by atoms with Crippen molar-refractivity contribution in [3.05, 3.63) is 59.7 Å². The smallest absolute Gasteiger partial charge is 0.258 e. The molecular formula is C20H23NO2. The standard InChI is InChI=1S/C20H23NO2/c1-2-3-14-23-18-11-6-9-17(15-18)20(22)21-13-7-10-16-8-4-5-12-19(16)21/h4-6,8-9,11-12,15H,2-3,7,10,13-14H2,1H3. The van der Waals surface area contributed by atoms with Gasteiger partial charge in [-0.1, -0.05) is 37.6 Å². The molecule has 0 aromatic heterocycles. The number of hydrogen-bond acceptors (Lipinski definition) is 2. The average Bonchev–Trinajstić information content (AvgIpc) is 2.61. The number of rotatable bonds is 5. The fourth-order valence-electron chi connectivity index (χ4n) is 2.95. The van der Waals surface area contributed by atoms with Crippen molar-refractivity contribution in [1.29, 1.82) is 0 Å². The summed E-state index contributed by atoms with van der Waals surface area (Å²) < 4.78 is 5.72. The molecule has 23 heavy (non-hydrogen) atoms. The van der Waals surface area contributed by atoms with Crippen molar-refractivity contribution in [3.63, 3.8) is 0 Å². The van der Waals surface area contributed by atoms with Crippen molar-refractivity contribution in [2.24, 2.45) is 0 Å². The van der Waals surface area contributed by atoms with Crippen LogP contribution in [0.5, 0.6) is 5.75 Å². The Morgan fingerprint density at radius 3 is 2.91 bits per heavy atom. The van der Waals surface area contributed by atoms with E-state index in [4.69, 9.17) is 4.74 Å². The van der Waals surface area contributed by atoms with E-state index in [0.717, 1.165) is 43.7 Å². The third-order valence-electron chi connectivity index (χ3n) is 4.20. The van der Waals surface area contributed by atoms with Gasteiger partial charge in [0.05, 0.1) is 6.61 Å². The lowest BCUT2D eigenvalue weighted by atomic mass is 10.0. The Morgan fingerprint density at radius 2 is 2.04 bits per heavy atom. The van der Waals surface area contributed by atoms with E-state index < -0.39 is 0 Å². The molecule has 3 heteroatoms. The Labute approximate surface area is 137 Å². The summed E-state index contributed by atoms with van der Waals surface area (Å²) in [6, 6.07) is 15.7. The number of nitrogens with zero attached hydrogens (tertiary/aromatic N) is 1. The molecule has 0 saturated carbocycles. The van der Waals surface area contributed by atoms with E-state index in [1.54, 1.807) is 0 Å². The summed E-state index contributed by atoms with van der Waals surface area (Å²) >= 11 is 0. The zero-order valence-corrected chi connectivity index (χ0v) is 13.6. The lowest BCUT2D eigenvalue weighted by Gasteiger charge is -2.29. The van der Waals surface area contributed by atoms with Gasteiger partial charge < -0.3 is 9.64 Å². The van der Waals surface area contributed by atoms with E-state index in [0.29, 0.717) is 12.2 Å². The lowest BCUT2D eigenvalue weighted by Crippen LogP contribution is -2.35. The zero-order valence-electron chi connectivity index (χ0n) is 13.6. The van der Waals surface area contributed by atoms with Crippen molar-refractivity contribution in [2.45, 2.75) is 32.6 Å². The Balaban J connectivity index is 1.80. The van der Waals surface area contributed by atoms with E-state index in [-0.39, 0.29) is 5.91 Å². The number of para-hydroxylation sites is 1. The average molecular weight is 309 g/mol. The van der Waals surface area contributed by atoms with Crippen molar-refractivity contribution in [2.75, 3.05) is 18.1 Å². The predicted molar refractivity (Wildman–Crippen MR) is 93.3 cm³/mol. The van der Waals surface area contributed by atoms with Gasteiger partial charge in [-0.2, -0.15) is 0 Å². The van der Waals surface area contributed by atoms with Crippen LogP contribution in [0.1, 0.15) is 42.1 Å². The molecular weight excluding hydrogens is 286 g/mol. The number of anilines is 1. The minimum Gasteiger partial charge on any atom is -0.494 e. The van der Waals surface area contributed by atoms with Gasteiger partial charge in [0.25, 0.3) is 5.91 Å². The highest BCUT2D eigenvalue weighted by Gasteiger charge is 2.23. The van der Waals surface area contributed by atoms with Gasteiger partial charge in [-0.15, -0.1) is 0 Å². The molecule has 0 unspecified atom stereocenters. The van der Waals surface area contributed by atoms with Crippen molar-refractivity contribution in [3.8, 4) is 5.75 Å². The summed E-state index contributed by atoms with van der Waals surface area (Å²) in [5.74, 6) is 0.827. The highest BCUT2D eigenvalue weighted by Crippen LogP contribution is 2.28. The highest BCUT2D eigenvalue weighted by atomic mass is 16.5. The highest BCUT2D eigenvalue weighted by molar-refractivity contribution is 6.06. The molecule has 3 nitrogen and oxygen atoms in total. The third kappa shape index (κ3) is 3.55. The second kappa shape index (κ2) is 7.32. The van der Waals surface area contributed by atoms with Gasteiger partial charge in [0.15, 0.2) is 0 Å². The number of fused-ring (bicyclic) bond motifs is 1. The minimum absolute atomic E-state index is 0.0538. The first-order valence-electron chi connectivity index (χ1n) is 8.42. The summed E-state index contributed by atoms with van der Waals surface area (Å²) in [6.45, 7) is 3.61. The molecule has 0 radical (unpaired) electrons. The van der Waals surface area contributed by atoms with E-state index >= 15 is 0 Å².